The summed E-state index contributed by atoms with van der Waals surface area (Å²) >= 11 is 0. The summed E-state index contributed by atoms with van der Waals surface area (Å²) < 4.78 is 26.8. The van der Waals surface area contributed by atoms with Gasteiger partial charge >= 0.3 is 0 Å². The molecule has 1 saturated heterocycles. The zero-order valence-electron chi connectivity index (χ0n) is 12.0. The third-order valence-electron chi connectivity index (χ3n) is 3.82. The number of hydrogen-bond acceptors (Lipinski definition) is 3. The van der Waals surface area contributed by atoms with Crippen LogP contribution in [0.3, 0.4) is 0 Å². The average Bonchev–Trinajstić information content (AvgIpc) is 2.92. The van der Waals surface area contributed by atoms with E-state index >= 15 is 0 Å². The minimum absolute atomic E-state index is 0.0123. The van der Waals surface area contributed by atoms with Gasteiger partial charge in [-0.05, 0) is 37.3 Å². The van der Waals surface area contributed by atoms with Crippen LogP contribution in [0, 0.1) is 0 Å². The first-order chi connectivity index (χ1) is 9.57. The van der Waals surface area contributed by atoms with Crippen LogP contribution in [0.4, 0.5) is 0 Å². The molecule has 5 heteroatoms. The van der Waals surface area contributed by atoms with E-state index in [-0.39, 0.29) is 11.7 Å². The van der Waals surface area contributed by atoms with Crippen LogP contribution in [0.2, 0.25) is 0 Å². The minimum atomic E-state index is -3.20. The lowest BCUT2D eigenvalue weighted by molar-refractivity contribution is 0.537. The summed E-state index contributed by atoms with van der Waals surface area (Å²) in [6, 6.07) is 10.3. The topological polar surface area (TPSA) is 58.2 Å². The molecule has 1 aliphatic rings. The molecule has 1 fully saturated rings. The molecule has 1 aromatic carbocycles. The Bertz CT molecular complexity index is 496. The number of rotatable bonds is 7. The van der Waals surface area contributed by atoms with Crippen molar-refractivity contribution in [3.05, 3.63) is 35.9 Å². The van der Waals surface area contributed by atoms with Crippen molar-refractivity contribution in [2.75, 3.05) is 18.8 Å². The average molecular weight is 296 g/mol. The smallest absolute Gasteiger partial charge is 0.212 e. The van der Waals surface area contributed by atoms with Crippen molar-refractivity contribution >= 4 is 10.0 Å². The van der Waals surface area contributed by atoms with Gasteiger partial charge in [0.15, 0.2) is 0 Å². The standard InChI is InChI=1S/C15H24N2O2S/c1-13(14-6-3-2-4-7-14)12-20(18,19)17-11-9-15-8-5-10-16-15/h2-4,6-7,13,15-17H,5,8-12H2,1H3/t13?,15-/m1/s1. The molecule has 0 bridgehead atoms. The fourth-order valence-corrected chi connectivity index (χ4v) is 4.06. The van der Waals surface area contributed by atoms with Crippen molar-refractivity contribution in [3.8, 4) is 0 Å². The molecule has 2 rings (SSSR count). The Hall–Kier alpha value is -0.910. The second kappa shape index (κ2) is 7.20. The van der Waals surface area contributed by atoms with E-state index in [2.05, 4.69) is 10.0 Å². The lowest BCUT2D eigenvalue weighted by Crippen LogP contribution is -2.33. The Balaban J connectivity index is 1.78. The van der Waals surface area contributed by atoms with E-state index in [4.69, 9.17) is 0 Å². The second-order valence-electron chi connectivity index (χ2n) is 5.57. The van der Waals surface area contributed by atoms with Crippen molar-refractivity contribution in [1.82, 2.24) is 10.0 Å². The van der Waals surface area contributed by atoms with Gasteiger partial charge in [0.1, 0.15) is 0 Å². The highest BCUT2D eigenvalue weighted by molar-refractivity contribution is 7.89. The van der Waals surface area contributed by atoms with Gasteiger partial charge in [0, 0.05) is 12.6 Å². The molecule has 4 nitrogen and oxygen atoms in total. The lowest BCUT2D eigenvalue weighted by atomic mass is 10.0. The molecule has 0 amide bonds. The molecule has 0 aliphatic carbocycles. The van der Waals surface area contributed by atoms with Crippen LogP contribution in [0.5, 0.6) is 0 Å². The summed E-state index contributed by atoms with van der Waals surface area (Å²) in [5, 5.41) is 3.37. The molecule has 2 atom stereocenters. The molecule has 1 unspecified atom stereocenters. The summed E-state index contributed by atoms with van der Waals surface area (Å²) in [4.78, 5) is 0. The van der Waals surface area contributed by atoms with Crippen LogP contribution in [0.1, 0.15) is 37.7 Å². The maximum Gasteiger partial charge on any atom is 0.212 e. The van der Waals surface area contributed by atoms with Crippen LogP contribution < -0.4 is 10.0 Å². The van der Waals surface area contributed by atoms with E-state index < -0.39 is 10.0 Å². The highest BCUT2D eigenvalue weighted by atomic mass is 32.2. The molecule has 0 aromatic heterocycles. The summed E-state index contributed by atoms with van der Waals surface area (Å²) in [6.45, 7) is 3.54. The van der Waals surface area contributed by atoms with Crippen LogP contribution in [0.25, 0.3) is 0 Å². The van der Waals surface area contributed by atoms with Gasteiger partial charge in [-0.1, -0.05) is 37.3 Å². The van der Waals surface area contributed by atoms with Crippen LogP contribution in [-0.2, 0) is 10.0 Å². The van der Waals surface area contributed by atoms with Gasteiger partial charge in [0.2, 0.25) is 10.0 Å². The summed E-state index contributed by atoms with van der Waals surface area (Å²) in [7, 11) is -3.20. The van der Waals surface area contributed by atoms with E-state index in [1.165, 1.54) is 6.42 Å². The molecule has 1 aromatic rings. The van der Waals surface area contributed by atoms with Gasteiger partial charge in [-0.25, -0.2) is 13.1 Å². The third kappa shape index (κ3) is 4.89. The summed E-state index contributed by atoms with van der Waals surface area (Å²) in [6.07, 6.45) is 3.23. The molecule has 2 N–H and O–H groups in total. The second-order valence-corrected chi connectivity index (χ2v) is 7.42. The van der Waals surface area contributed by atoms with E-state index in [1.807, 2.05) is 37.3 Å². The normalized spacial score (nSPS) is 20.9. The Kier molecular flexibility index (Phi) is 5.57. The minimum Gasteiger partial charge on any atom is -0.314 e. The largest absolute Gasteiger partial charge is 0.314 e. The molecular weight excluding hydrogens is 272 g/mol. The predicted octanol–water partition coefficient (Wildman–Crippen LogP) is 1.85. The monoisotopic (exact) mass is 296 g/mol. The first kappa shape index (κ1) is 15.5. The quantitative estimate of drug-likeness (QED) is 0.807. The Morgan fingerprint density at radius 1 is 1.35 bits per heavy atom. The van der Waals surface area contributed by atoms with Gasteiger partial charge in [0.25, 0.3) is 0 Å². The maximum absolute atomic E-state index is 12.1. The SMILES string of the molecule is CC(CS(=O)(=O)NCC[C@H]1CCCN1)c1ccccc1. The number of nitrogens with one attached hydrogen (secondary N) is 2. The highest BCUT2D eigenvalue weighted by Crippen LogP contribution is 2.16. The van der Waals surface area contributed by atoms with Crippen molar-refractivity contribution in [2.24, 2.45) is 0 Å². The first-order valence-corrected chi connectivity index (χ1v) is 8.98. The maximum atomic E-state index is 12.1. The van der Waals surface area contributed by atoms with Gasteiger partial charge in [-0.15, -0.1) is 0 Å². The molecular formula is C15H24N2O2S. The number of hydrogen-bond donors (Lipinski definition) is 2. The third-order valence-corrected chi connectivity index (χ3v) is 5.40. The highest BCUT2D eigenvalue weighted by Gasteiger charge is 2.18. The van der Waals surface area contributed by atoms with Gasteiger partial charge in [-0.2, -0.15) is 0 Å². The van der Waals surface area contributed by atoms with Gasteiger partial charge in [0.05, 0.1) is 5.75 Å². The van der Waals surface area contributed by atoms with Crippen molar-refractivity contribution in [3.63, 3.8) is 0 Å². The Morgan fingerprint density at radius 2 is 2.10 bits per heavy atom. The molecule has 0 spiro atoms. The fraction of sp³-hybridized carbons (Fsp3) is 0.600. The summed E-state index contributed by atoms with van der Waals surface area (Å²) in [5.41, 5.74) is 1.07. The van der Waals surface area contributed by atoms with Crippen LogP contribution >= 0.6 is 0 Å². The van der Waals surface area contributed by atoms with Crippen molar-refractivity contribution in [1.29, 1.82) is 0 Å². The molecule has 112 valence electrons. The lowest BCUT2D eigenvalue weighted by Gasteiger charge is -2.14. The zero-order chi connectivity index (χ0) is 14.4. The fourth-order valence-electron chi connectivity index (χ4n) is 2.66. The van der Waals surface area contributed by atoms with Crippen LogP contribution in [0.15, 0.2) is 30.3 Å². The van der Waals surface area contributed by atoms with E-state index in [0.717, 1.165) is 24.9 Å². The van der Waals surface area contributed by atoms with Crippen LogP contribution in [-0.4, -0.2) is 33.3 Å². The first-order valence-electron chi connectivity index (χ1n) is 7.32. The number of benzene rings is 1. The van der Waals surface area contributed by atoms with E-state index in [0.29, 0.717) is 12.6 Å². The molecule has 0 saturated carbocycles. The predicted molar refractivity (Wildman–Crippen MR) is 82.3 cm³/mol. The van der Waals surface area contributed by atoms with Gasteiger partial charge < -0.3 is 5.32 Å². The Morgan fingerprint density at radius 3 is 2.75 bits per heavy atom. The van der Waals surface area contributed by atoms with Crippen molar-refractivity contribution in [2.45, 2.75) is 38.1 Å². The molecule has 0 radical (unpaired) electrons. The van der Waals surface area contributed by atoms with E-state index in [1.54, 1.807) is 0 Å². The number of sulfonamides is 1. The summed E-state index contributed by atoms with van der Waals surface area (Å²) in [5.74, 6) is 0.160. The zero-order valence-corrected chi connectivity index (χ0v) is 12.8. The molecule has 20 heavy (non-hydrogen) atoms. The van der Waals surface area contributed by atoms with E-state index in [9.17, 15) is 8.42 Å². The van der Waals surface area contributed by atoms with Gasteiger partial charge in [-0.3, -0.25) is 0 Å². The Labute approximate surface area is 122 Å². The molecule has 1 aliphatic heterocycles. The molecule has 1 heterocycles. The van der Waals surface area contributed by atoms with Crippen molar-refractivity contribution < 1.29 is 8.42 Å².